The monoisotopic (exact) mass is 430 g/mol. The Morgan fingerprint density at radius 1 is 1.23 bits per heavy atom. The van der Waals surface area contributed by atoms with E-state index in [1.54, 1.807) is 24.7 Å². The van der Waals surface area contributed by atoms with Gasteiger partial charge < -0.3 is 19.6 Å². The standard InChI is InChI=1S/C21H23FN4O3S/c22-17-7-24-6-3-18(17)25-8-16-15(10-27)19-9-26(13-21(16,12-25)29-19)20(28)11-30-14-1-4-23-5-2-14/h1-7,15-16,19,27H,8-13H2/t15-,16+,19+,21-/m0/s1. The second kappa shape index (κ2) is 7.79. The first-order valence-corrected chi connectivity index (χ1v) is 11.0. The van der Waals surface area contributed by atoms with E-state index in [-0.39, 0.29) is 36.3 Å². The van der Waals surface area contributed by atoms with Crippen LogP contribution in [0, 0.1) is 17.7 Å². The number of fused-ring (bicyclic) bond motifs is 1. The molecule has 30 heavy (non-hydrogen) atoms. The largest absolute Gasteiger partial charge is 0.396 e. The van der Waals surface area contributed by atoms with Gasteiger partial charge in [0.15, 0.2) is 5.82 Å². The molecule has 9 heteroatoms. The van der Waals surface area contributed by atoms with Gasteiger partial charge in [0.2, 0.25) is 5.91 Å². The number of aliphatic hydroxyl groups is 1. The van der Waals surface area contributed by atoms with Gasteiger partial charge in [0.25, 0.3) is 0 Å². The number of aliphatic hydroxyl groups excluding tert-OH is 1. The summed E-state index contributed by atoms with van der Waals surface area (Å²) >= 11 is 1.49. The summed E-state index contributed by atoms with van der Waals surface area (Å²) in [5.74, 6) is -0.000601. The summed E-state index contributed by atoms with van der Waals surface area (Å²) in [4.78, 5) is 25.6. The van der Waals surface area contributed by atoms with Crippen molar-refractivity contribution in [2.75, 3.05) is 43.4 Å². The van der Waals surface area contributed by atoms with Crippen LogP contribution in [-0.4, -0.2) is 76.1 Å². The highest BCUT2D eigenvalue weighted by atomic mass is 32.2. The third-order valence-electron chi connectivity index (χ3n) is 6.46. The van der Waals surface area contributed by atoms with Gasteiger partial charge in [0, 0.05) is 61.6 Å². The van der Waals surface area contributed by atoms with Gasteiger partial charge in [-0.05, 0) is 18.2 Å². The SMILES string of the molecule is O=C(CSc1ccncc1)N1C[C@H]2O[C@]3(C1)CN(c1ccncc1F)C[C@@H]3[C@@H]2CO. The molecule has 2 aromatic heterocycles. The number of rotatable bonds is 5. The van der Waals surface area contributed by atoms with Crippen LogP contribution in [0.1, 0.15) is 0 Å². The maximum atomic E-state index is 14.3. The van der Waals surface area contributed by atoms with Gasteiger partial charge in [-0.15, -0.1) is 11.8 Å². The lowest BCUT2D eigenvalue weighted by molar-refractivity contribution is -0.149. The summed E-state index contributed by atoms with van der Waals surface area (Å²) in [5, 5.41) is 10.0. The second-order valence-corrected chi connectivity index (χ2v) is 9.18. The minimum Gasteiger partial charge on any atom is -0.396 e. The van der Waals surface area contributed by atoms with Crippen molar-refractivity contribution in [1.29, 1.82) is 0 Å². The van der Waals surface area contributed by atoms with Crippen molar-refractivity contribution in [3.63, 3.8) is 0 Å². The predicted octanol–water partition coefficient (Wildman–Crippen LogP) is 1.43. The maximum Gasteiger partial charge on any atom is 0.233 e. The molecule has 0 aromatic carbocycles. The number of halogens is 1. The first-order chi connectivity index (χ1) is 14.6. The molecule has 7 nitrogen and oxygen atoms in total. The molecule has 1 amide bonds. The average molecular weight is 431 g/mol. The number of likely N-dealkylation sites (tertiary alicyclic amines) is 1. The fourth-order valence-electron chi connectivity index (χ4n) is 5.10. The number of hydrogen-bond acceptors (Lipinski definition) is 7. The van der Waals surface area contributed by atoms with Crippen molar-refractivity contribution < 1.29 is 19.0 Å². The highest BCUT2D eigenvalue weighted by Crippen LogP contribution is 2.50. The third-order valence-corrected chi connectivity index (χ3v) is 7.45. The molecule has 2 bridgehead atoms. The number of carbonyl (C=O) groups excluding carboxylic acids is 1. The molecular weight excluding hydrogens is 407 g/mol. The fourth-order valence-corrected chi connectivity index (χ4v) is 5.89. The number of nitrogens with zero attached hydrogens (tertiary/aromatic N) is 4. The van der Waals surface area contributed by atoms with Crippen LogP contribution in [0.4, 0.5) is 10.1 Å². The first kappa shape index (κ1) is 19.7. The molecule has 1 N–H and O–H groups in total. The van der Waals surface area contributed by atoms with E-state index in [1.165, 1.54) is 18.0 Å². The number of amides is 1. The maximum absolute atomic E-state index is 14.3. The van der Waals surface area contributed by atoms with Crippen LogP contribution in [0.25, 0.3) is 0 Å². The molecule has 3 fully saturated rings. The summed E-state index contributed by atoms with van der Waals surface area (Å²) in [5.41, 5.74) is -0.0921. The van der Waals surface area contributed by atoms with Crippen LogP contribution in [0.15, 0.2) is 47.9 Å². The van der Waals surface area contributed by atoms with Crippen LogP contribution in [0.2, 0.25) is 0 Å². The van der Waals surface area contributed by atoms with Crippen molar-refractivity contribution >= 4 is 23.4 Å². The Bertz CT molecular complexity index is 935. The lowest BCUT2D eigenvalue weighted by atomic mass is 9.83. The third kappa shape index (κ3) is 3.34. The second-order valence-electron chi connectivity index (χ2n) is 8.13. The zero-order valence-corrected chi connectivity index (χ0v) is 17.2. The molecule has 5 rings (SSSR count). The lowest BCUT2D eigenvalue weighted by Gasteiger charge is -2.40. The summed E-state index contributed by atoms with van der Waals surface area (Å²) in [6.45, 7) is 2.04. The molecule has 5 heterocycles. The molecule has 0 unspecified atom stereocenters. The molecule has 0 radical (unpaired) electrons. The Morgan fingerprint density at radius 3 is 2.80 bits per heavy atom. The molecule has 3 aliphatic heterocycles. The number of thioether (sulfide) groups is 1. The van der Waals surface area contributed by atoms with Crippen LogP contribution in [0.3, 0.4) is 0 Å². The lowest BCUT2D eigenvalue weighted by Crippen LogP contribution is -2.56. The molecule has 158 valence electrons. The minimum absolute atomic E-state index is 0.00243. The van der Waals surface area contributed by atoms with Crippen molar-refractivity contribution in [3.8, 4) is 0 Å². The van der Waals surface area contributed by atoms with E-state index in [1.807, 2.05) is 21.9 Å². The molecule has 3 saturated heterocycles. The zero-order valence-electron chi connectivity index (χ0n) is 16.4. The van der Waals surface area contributed by atoms with E-state index in [2.05, 4.69) is 9.97 Å². The Labute approximate surface area is 178 Å². The molecule has 1 spiro atoms. The molecule has 0 aliphatic carbocycles. The molecular formula is C21H23FN4O3S. The summed E-state index contributed by atoms with van der Waals surface area (Å²) < 4.78 is 20.7. The fraction of sp³-hybridized carbons (Fsp3) is 0.476. The van der Waals surface area contributed by atoms with Crippen molar-refractivity contribution in [1.82, 2.24) is 14.9 Å². The van der Waals surface area contributed by atoms with Gasteiger partial charge in [-0.3, -0.25) is 14.8 Å². The minimum atomic E-state index is -0.580. The Balaban J connectivity index is 1.33. The average Bonchev–Trinajstić information content (AvgIpc) is 3.20. The van der Waals surface area contributed by atoms with E-state index in [4.69, 9.17) is 4.74 Å². The number of carbonyl (C=O) groups is 1. The number of anilines is 1. The van der Waals surface area contributed by atoms with E-state index in [0.717, 1.165) is 4.90 Å². The number of ether oxygens (including phenoxy) is 1. The van der Waals surface area contributed by atoms with Crippen LogP contribution in [0.5, 0.6) is 0 Å². The van der Waals surface area contributed by atoms with Gasteiger partial charge >= 0.3 is 0 Å². The molecule has 4 atom stereocenters. The first-order valence-electron chi connectivity index (χ1n) is 10.0. The normalized spacial score (nSPS) is 29.9. The van der Waals surface area contributed by atoms with Crippen LogP contribution < -0.4 is 4.90 Å². The number of hydrogen-bond donors (Lipinski definition) is 1. The van der Waals surface area contributed by atoms with Crippen molar-refractivity contribution in [3.05, 3.63) is 48.8 Å². The number of morpholine rings is 1. The Morgan fingerprint density at radius 2 is 2.03 bits per heavy atom. The van der Waals surface area contributed by atoms with Gasteiger partial charge in [0.05, 0.1) is 30.3 Å². The van der Waals surface area contributed by atoms with Crippen LogP contribution >= 0.6 is 11.8 Å². The number of pyridine rings is 2. The van der Waals surface area contributed by atoms with Gasteiger partial charge in [-0.1, -0.05) is 0 Å². The van der Waals surface area contributed by atoms with Crippen LogP contribution in [-0.2, 0) is 9.53 Å². The topological polar surface area (TPSA) is 78.8 Å². The van der Waals surface area contributed by atoms with E-state index < -0.39 is 5.60 Å². The highest BCUT2D eigenvalue weighted by Gasteiger charge is 2.63. The van der Waals surface area contributed by atoms with Gasteiger partial charge in [-0.2, -0.15) is 0 Å². The summed E-state index contributed by atoms with van der Waals surface area (Å²) in [7, 11) is 0. The molecule has 0 saturated carbocycles. The summed E-state index contributed by atoms with van der Waals surface area (Å²) in [6, 6.07) is 5.43. The molecule has 2 aromatic rings. The van der Waals surface area contributed by atoms with E-state index in [0.29, 0.717) is 37.6 Å². The predicted molar refractivity (Wildman–Crippen MR) is 110 cm³/mol. The summed E-state index contributed by atoms with van der Waals surface area (Å²) in [6.07, 6.45) is 6.02. The number of aromatic nitrogens is 2. The van der Waals surface area contributed by atoms with E-state index in [9.17, 15) is 14.3 Å². The molecule has 3 aliphatic rings. The van der Waals surface area contributed by atoms with E-state index >= 15 is 0 Å². The van der Waals surface area contributed by atoms with Gasteiger partial charge in [0.1, 0.15) is 5.60 Å². The van der Waals surface area contributed by atoms with Crippen molar-refractivity contribution in [2.45, 2.75) is 16.6 Å². The van der Waals surface area contributed by atoms with Gasteiger partial charge in [-0.25, -0.2) is 4.39 Å². The highest BCUT2D eigenvalue weighted by molar-refractivity contribution is 8.00. The Kier molecular flexibility index (Phi) is 5.12. The Hall–Kier alpha value is -2.23. The quantitative estimate of drug-likeness (QED) is 0.719. The zero-order chi connectivity index (χ0) is 20.7. The van der Waals surface area contributed by atoms with Crippen molar-refractivity contribution in [2.24, 2.45) is 11.8 Å². The smallest absolute Gasteiger partial charge is 0.233 e.